The minimum Gasteiger partial charge on any atom is -0.378 e. The number of benzene rings is 1. The SMILES string of the molecule is Cc1cccc(/C=N/Nc2nc3c(c(N4CCOCC4)n2)CCC3)c1. The molecule has 2 aromatic rings. The Morgan fingerprint density at radius 1 is 1.20 bits per heavy atom. The number of ether oxygens (including phenoxy) is 1. The van der Waals surface area contributed by atoms with Crippen LogP contribution < -0.4 is 10.3 Å². The molecule has 1 aliphatic carbocycles. The van der Waals surface area contributed by atoms with Crippen molar-refractivity contribution in [1.82, 2.24) is 9.97 Å². The van der Waals surface area contributed by atoms with Crippen molar-refractivity contribution in [1.29, 1.82) is 0 Å². The summed E-state index contributed by atoms with van der Waals surface area (Å²) >= 11 is 0. The molecule has 0 amide bonds. The summed E-state index contributed by atoms with van der Waals surface area (Å²) in [6.07, 6.45) is 5.04. The van der Waals surface area contributed by atoms with Crippen molar-refractivity contribution in [2.24, 2.45) is 5.10 Å². The summed E-state index contributed by atoms with van der Waals surface area (Å²) in [5, 5.41) is 4.32. The average molecular weight is 337 g/mol. The Labute approximate surface area is 147 Å². The van der Waals surface area contributed by atoms with Crippen LogP contribution in [-0.4, -0.2) is 42.5 Å². The number of aromatic nitrogens is 2. The number of hydrazone groups is 1. The highest BCUT2D eigenvalue weighted by Crippen LogP contribution is 2.30. The third-order valence-electron chi connectivity index (χ3n) is 4.64. The van der Waals surface area contributed by atoms with Gasteiger partial charge in [-0.3, -0.25) is 0 Å². The van der Waals surface area contributed by atoms with E-state index in [0.717, 1.165) is 62.6 Å². The Kier molecular flexibility index (Phi) is 4.61. The van der Waals surface area contributed by atoms with Gasteiger partial charge in [0.1, 0.15) is 5.82 Å². The smallest absolute Gasteiger partial charge is 0.245 e. The van der Waals surface area contributed by atoms with Crippen LogP contribution >= 0.6 is 0 Å². The highest BCUT2D eigenvalue weighted by atomic mass is 16.5. The zero-order chi connectivity index (χ0) is 17.1. The second-order valence-electron chi connectivity index (χ2n) is 6.53. The second kappa shape index (κ2) is 7.19. The number of morpholine rings is 1. The van der Waals surface area contributed by atoms with Crippen molar-refractivity contribution in [3.63, 3.8) is 0 Å². The molecule has 0 bridgehead atoms. The molecule has 0 unspecified atom stereocenters. The Morgan fingerprint density at radius 2 is 2.08 bits per heavy atom. The fourth-order valence-electron chi connectivity index (χ4n) is 3.41. The maximum atomic E-state index is 5.47. The standard InChI is InChI=1S/C19H23N5O/c1-14-4-2-5-15(12-14)13-20-23-19-21-17-7-3-6-16(17)18(22-19)24-8-10-25-11-9-24/h2,4-5,12-13H,3,6-11H2,1H3,(H,21,22,23)/b20-13+. The zero-order valence-electron chi connectivity index (χ0n) is 14.5. The Morgan fingerprint density at radius 3 is 2.92 bits per heavy atom. The van der Waals surface area contributed by atoms with E-state index >= 15 is 0 Å². The first-order valence-corrected chi connectivity index (χ1v) is 8.88. The fourth-order valence-corrected chi connectivity index (χ4v) is 3.41. The predicted octanol–water partition coefficient (Wildman–Crippen LogP) is 2.56. The van der Waals surface area contributed by atoms with Crippen molar-refractivity contribution in [3.05, 3.63) is 46.6 Å². The summed E-state index contributed by atoms with van der Waals surface area (Å²) in [5.74, 6) is 1.63. The molecule has 2 heterocycles. The van der Waals surface area contributed by atoms with Crippen LogP contribution in [0, 0.1) is 6.92 Å². The van der Waals surface area contributed by atoms with Gasteiger partial charge in [0.25, 0.3) is 0 Å². The van der Waals surface area contributed by atoms with Crippen LogP contribution in [0.15, 0.2) is 29.4 Å². The molecule has 0 radical (unpaired) electrons. The van der Waals surface area contributed by atoms with Crippen molar-refractivity contribution < 1.29 is 4.74 Å². The Hall–Kier alpha value is -2.47. The number of nitrogens with zero attached hydrogens (tertiary/aromatic N) is 4. The molecule has 0 spiro atoms. The molecule has 1 N–H and O–H groups in total. The lowest BCUT2D eigenvalue weighted by atomic mass is 10.2. The molecule has 6 heteroatoms. The highest BCUT2D eigenvalue weighted by molar-refractivity contribution is 5.80. The minimum atomic E-state index is 0.575. The van der Waals surface area contributed by atoms with Gasteiger partial charge in [0.05, 0.1) is 25.1 Å². The Bertz CT molecular complexity index is 783. The van der Waals surface area contributed by atoms with E-state index in [4.69, 9.17) is 9.72 Å². The summed E-state index contributed by atoms with van der Waals surface area (Å²) in [6.45, 7) is 5.36. The van der Waals surface area contributed by atoms with E-state index in [1.807, 2.05) is 12.1 Å². The lowest BCUT2D eigenvalue weighted by Gasteiger charge is -2.29. The number of hydrogen-bond acceptors (Lipinski definition) is 6. The van der Waals surface area contributed by atoms with E-state index < -0.39 is 0 Å². The quantitative estimate of drug-likeness (QED) is 0.686. The molecule has 130 valence electrons. The van der Waals surface area contributed by atoms with Gasteiger partial charge in [-0.25, -0.2) is 10.4 Å². The van der Waals surface area contributed by atoms with Gasteiger partial charge < -0.3 is 9.64 Å². The van der Waals surface area contributed by atoms with Gasteiger partial charge in [-0.05, 0) is 31.7 Å². The van der Waals surface area contributed by atoms with Gasteiger partial charge >= 0.3 is 0 Å². The normalized spacial score (nSPS) is 17.1. The molecule has 1 fully saturated rings. The molecule has 4 rings (SSSR count). The van der Waals surface area contributed by atoms with Gasteiger partial charge in [0.15, 0.2) is 0 Å². The monoisotopic (exact) mass is 337 g/mol. The maximum absolute atomic E-state index is 5.47. The van der Waals surface area contributed by atoms with Gasteiger partial charge in [-0.1, -0.05) is 29.8 Å². The van der Waals surface area contributed by atoms with Crippen LogP contribution in [0.2, 0.25) is 0 Å². The number of anilines is 2. The third kappa shape index (κ3) is 3.64. The summed E-state index contributed by atoms with van der Waals surface area (Å²) in [6, 6.07) is 8.22. The first kappa shape index (κ1) is 16.0. The van der Waals surface area contributed by atoms with Crippen LogP contribution in [-0.2, 0) is 17.6 Å². The number of aryl methyl sites for hydroxylation is 2. The molecule has 2 aliphatic rings. The largest absolute Gasteiger partial charge is 0.378 e. The van der Waals surface area contributed by atoms with Crippen LogP contribution in [0.3, 0.4) is 0 Å². The van der Waals surface area contributed by atoms with Crippen molar-refractivity contribution in [3.8, 4) is 0 Å². The molecular weight excluding hydrogens is 314 g/mol. The lowest BCUT2D eigenvalue weighted by molar-refractivity contribution is 0.122. The topological polar surface area (TPSA) is 62.6 Å². The summed E-state index contributed by atoms with van der Waals surface area (Å²) in [4.78, 5) is 11.7. The molecule has 25 heavy (non-hydrogen) atoms. The van der Waals surface area contributed by atoms with Crippen molar-refractivity contribution >= 4 is 18.0 Å². The van der Waals surface area contributed by atoms with Gasteiger partial charge in [-0.15, -0.1) is 0 Å². The maximum Gasteiger partial charge on any atom is 0.245 e. The number of nitrogens with one attached hydrogen (secondary N) is 1. The molecule has 0 atom stereocenters. The third-order valence-corrected chi connectivity index (χ3v) is 4.64. The van der Waals surface area contributed by atoms with E-state index in [1.54, 1.807) is 6.21 Å². The first-order valence-electron chi connectivity index (χ1n) is 8.88. The predicted molar refractivity (Wildman–Crippen MR) is 99.5 cm³/mol. The minimum absolute atomic E-state index is 0.575. The summed E-state index contributed by atoms with van der Waals surface area (Å²) in [7, 11) is 0. The molecular formula is C19H23N5O. The molecule has 0 saturated carbocycles. The fraction of sp³-hybridized carbons (Fsp3) is 0.421. The molecule has 1 saturated heterocycles. The van der Waals surface area contributed by atoms with Gasteiger partial charge in [0.2, 0.25) is 5.95 Å². The highest BCUT2D eigenvalue weighted by Gasteiger charge is 2.24. The summed E-state index contributed by atoms with van der Waals surface area (Å²) in [5.41, 5.74) is 7.74. The van der Waals surface area contributed by atoms with E-state index in [9.17, 15) is 0 Å². The Balaban J connectivity index is 1.55. The van der Waals surface area contributed by atoms with E-state index in [2.05, 4.69) is 39.5 Å². The second-order valence-corrected chi connectivity index (χ2v) is 6.53. The molecule has 1 aromatic heterocycles. The van der Waals surface area contributed by atoms with Crippen molar-refractivity contribution in [2.45, 2.75) is 26.2 Å². The average Bonchev–Trinajstić information content (AvgIpc) is 3.10. The lowest BCUT2D eigenvalue weighted by Crippen LogP contribution is -2.37. The molecule has 1 aliphatic heterocycles. The van der Waals surface area contributed by atoms with Gasteiger partial charge in [0, 0.05) is 18.7 Å². The van der Waals surface area contributed by atoms with Crippen LogP contribution in [0.1, 0.15) is 28.8 Å². The van der Waals surface area contributed by atoms with E-state index in [-0.39, 0.29) is 0 Å². The molecule has 1 aromatic carbocycles. The number of hydrogen-bond donors (Lipinski definition) is 1. The zero-order valence-corrected chi connectivity index (χ0v) is 14.5. The number of rotatable bonds is 4. The van der Waals surface area contributed by atoms with Crippen molar-refractivity contribution in [2.75, 3.05) is 36.6 Å². The van der Waals surface area contributed by atoms with E-state index in [0.29, 0.717) is 5.95 Å². The van der Waals surface area contributed by atoms with E-state index in [1.165, 1.54) is 11.1 Å². The number of fused-ring (bicyclic) bond motifs is 1. The summed E-state index contributed by atoms with van der Waals surface area (Å²) < 4.78 is 5.47. The van der Waals surface area contributed by atoms with Gasteiger partial charge in [-0.2, -0.15) is 10.1 Å². The van der Waals surface area contributed by atoms with Crippen LogP contribution in [0.25, 0.3) is 0 Å². The molecule has 6 nitrogen and oxygen atoms in total. The van der Waals surface area contributed by atoms with Crippen LogP contribution in [0.5, 0.6) is 0 Å². The van der Waals surface area contributed by atoms with Crippen LogP contribution in [0.4, 0.5) is 11.8 Å². The first-order chi connectivity index (χ1) is 12.3.